The van der Waals surface area contributed by atoms with Crippen LogP contribution in [0.25, 0.3) is 0 Å². The predicted octanol–water partition coefficient (Wildman–Crippen LogP) is 1.61. The SMILES string of the molecule is CC(CNCc1cn(C(C)(C)C)nn1)N1CCCC1. The molecule has 19 heavy (non-hydrogen) atoms. The van der Waals surface area contributed by atoms with Crippen molar-refractivity contribution < 1.29 is 0 Å². The van der Waals surface area contributed by atoms with E-state index in [4.69, 9.17) is 0 Å². The van der Waals surface area contributed by atoms with Gasteiger partial charge < -0.3 is 5.32 Å². The fourth-order valence-electron chi connectivity index (χ4n) is 2.43. The molecule has 2 rings (SSSR count). The van der Waals surface area contributed by atoms with Gasteiger partial charge in [-0.15, -0.1) is 5.10 Å². The number of aromatic nitrogens is 3. The van der Waals surface area contributed by atoms with Crippen LogP contribution in [0.3, 0.4) is 0 Å². The van der Waals surface area contributed by atoms with Crippen LogP contribution in [0.15, 0.2) is 6.20 Å². The largest absolute Gasteiger partial charge is 0.310 e. The van der Waals surface area contributed by atoms with Gasteiger partial charge in [0.25, 0.3) is 0 Å². The van der Waals surface area contributed by atoms with Crippen LogP contribution in [0, 0.1) is 0 Å². The Morgan fingerprint density at radius 3 is 2.58 bits per heavy atom. The smallest absolute Gasteiger partial charge is 0.0965 e. The lowest BCUT2D eigenvalue weighted by Crippen LogP contribution is -2.38. The topological polar surface area (TPSA) is 46.0 Å². The Balaban J connectivity index is 1.74. The van der Waals surface area contributed by atoms with E-state index in [9.17, 15) is 0 Å². The van der Waals surface area contributed by atoms with E-state index < -0.39 is 0 Å². The van der Waals surface area contributed by atoms with Crippen LogP contribution in [0.1, 0.15) is 46.2 Å². The zero-order chi connectivity index (χ0) is 13.9. The first-order chi connectivity index (χ1) is 8.97. The molecule has 5 nitrogen and oxygen atoms in total. The summed E-state index contributed by atoms with van der Waals surface area (Å²) in [4.78, 5) is 2.55. The number of nitrogens with one attached hydrogen (secondary N) is 1. The Bertz CT molecular complexity index is 387. The summed E-state index contributed by atoms with van der Waals surface area (Å²) in [6, 6.07) is 0.611. The molecule has 2 heterocycles. The van der Waals surface area contributed by atoms with Crippen molar-refractivity contribution >= 4 is 0 Å². The van der Waals surface area contributed by atoms with Crippen LogP contribution >= 0.6 is 0 Å². The summed E-state index contributed by atoms with van der Waals surface area (Å²) in [5, 5.41) is 11.9. The van der Waals surface area contributed by atoms with Gasteiger partial charge >= 0.3 is 0 Å². The number of likely N-dealkylation sites (tertiary alicyclic amines) is 1. The molecule has 0 aromatic carbocycles. The summed E-state index contributed by atoms with van der Waals surface area (Å²) in [6.07, 6.45) is 4.74. The quantitative estimate of drug-likeness (QED) is 0.878. The molecule has 0 bridgehead atoms. The van der Waals surface area contributed by atoms with Crippen molar-refractivity contribution in [2.75, 3.05) is 19.6 Å². The Kier molecular flexibility index (Phi) is 4.58. The third-order valence-corrected chi connectivity index (χ3v) is 3.74. The van der Waals surface area contributed by atoms with E-state index in [1.54, 1.807) is 0 Å². The van der Waals surface area contributed by atoms with Gasteiger partial charge in [0.05, 0.1) is 17.4 Å². The first kappa shape index (κ1) is 14.5. The van der Waals surface area contributed by atoms with Crippen molar-refractivity contribution in [2.24, 2.45) is 0 Å². The second kappa shape index (κ2) is 6.01. The second-order valence-corrected chi connectivity index (χ2v) is 6.55. The van der Waals surface area contributed by atoms with Gasteiger partial charge in [-0.1, -0.05) is 5.21 Å². The summed E-state index contributed by atoms with van der Waals surface area (Å²) in [5.41, 5.74) is 1.03. The first-order valence-electron chi connectivity index (χ1n) is 7.33. The second-order valence-electron chi connectivity index (χ2n) is 6.55. The third kappa shape index (κ3) is 4.01. The van der Waals surface area contributed by atoms with Gasteiger partial charge in [-0.25, -0.2) is 4.68 Å². The Morgan fingerprint density at radius 2 is 2.00 bits per heavy atom. The molecular formula is C14H27N5. The van der Waals surface area contributed by atoms with E-state index in [2.05, 4.69) is 48.2 Å². The van der Waals surface area contributed by atoms with E-state index in [0.717, 1.165) is 18.8 Å². The fourth-order valence-corrected chi connectivity index (χ4v) is 2.43. The van der Waals surface area contributed by atoms with Crippen molar-refractivity contribution in [3.05, 3.63) is 11.9 Å². The minimum absolute atomic E-state index is 0.00803. The molecule has 0 aliphatic carbocycles. The molecule has 1 saturated heterocycles. The summed E-state index contributed by atoms with van der Waals surface area (Å²) in [7, 11) is 0. The highest BCUT2D eigenvalue weighted by Crippen LogP contribution is 2.12. The lowest BCUT2D eigenvalue weighted by molar-refractivity contribution is 0.251. The Hall–Kier alpha value is -0.940. The summed E-state index contributed by atoms with van der Waals surface area (Å²) in [6.45, 7) is 13.0. The monoisotopic (exact) mass is 265 g/mol. The minimum Gasteiger partial charge on any atom is -0.310 e. The molecule has 1 aromatic heterocycles. The van der Waals surface area contributed by atoms with Crippen molar-refractivity contribution in [3.63, 3.8) is 0 Å². The fraction of sp³-hybridized carbons (Fsp3) is 0.857. The van der Waals surface area contributed by atoms with Crippen LogP contribution in [-0.2, 0) is 12.1 Å². The van der Waals surface area contributed by atoms with Gasteiger partial charge in [-0.05, 0) is 53.6 Å². The number of hydrogen-bond acceptors (Lipinski definition) is 4. The summed E-state index contributed by atoms with van der Waals surface area (Å²) in [5.74, 6) is 0. The van der Waals surface area contributed by atoms with Crippen LogP contribution in [-0.4, -0.2) is 45.6 Å². The van der Waals surface area contributed by atoms with Gasteiger partial charge in [0.2, 0.25) is 0 Å². The number of hydrogen-bond donors (Lipinski definition) is 1. The van der Waals surface area contributed by atoms with E-state index >= 15 is 0 Å². The lowest BCUT2D eigenvalue weighted by atomic mass is 10.1. The molecule has 0 radical (unpaired) electrons. The molecule has 1 aliphatic heterocycles. The van der Waals surface area contributed by atoms with E-state index in [1.165, 1.54) is 25.9 Å². The number of nitrogens with zero attached hydrogens (tertiary/aromatic N) is 4. The molecule has 0 spiro atoms. The van der Waals surface area contributed by atoms with Gasteiger partial charge in [0, 0.05) is 19.1 Å². The summed E-state index contributed by atoms with van der Waals surface area (Å²) < 4.78 is 1.92. The normalized spacial score (nSPS) is 18.9. The molecule has 0 saturated carbocycles. The van der Waals surface area contributed by atoms with Crippen molar-refractivity contribution in [1.29, 1.82) is 0 Å². The van der Waals surface area contributed by atoms with E-state index in [-0.39, 0.29) is 5.54 Å². The zero-order valence-electron chi connectivity index (χ0n) is 12.7. The third-order valence-electron chi connectivity index (χ3n) is 3.74. The highest BCUT2D eigenvalue weighted by Gasteiger charge is 2.18. The molecule has 1 unspecified atom stereocenters. The summed E-state index contributed by atoms with van der Waals surface area (Å²) >= 11 is 0. The van der Waals surface area contributed by atoms with Crippen molar-refractivity contribution in [2.45, 2.75) is 58.7 Å². The molecule has 5 heteroatoms. The molecule has 0 amide bonds. The van der Waals surface area contributed by atoms with Gasteiger partial charge in [0.1, 0.15) is 0 Å². The average molecular weight is 265 g/mol. The predicted molar refractivity (Wildman–Crippen MR) is 77.0 cm³/mol. The lowest BCUT2D eigenvalue weighted by Gasteiger charge is -2.23. The Labute approximate surface area is 116 Å². The zero-order valence-corrected chi connectivity index (χ0v) is 12.7. The standard InChI is InChI=1S/C14H27N5/c1-12(18-7-5-6-8-18)9-15-10-13-11-19(17-16-13)14(2,3)4/h11-12,15H,5-10H2,1-4H3. The molecule has 1 aliphatic rings. The molecule has 108 valence electrons. The molecule has 1 fully saturated rings. The molecule has 1 N–H and O–H groups in total. The maximum atomic E-state index is 4.21. The highest BCUT2D eigenvalue weighted by atomic mass is 15.4. The van der Waals surface area contributed by atoms with Crippen LogP contribution in [0.5, 0.6) is 0 Å². The maximum absolute atomic E-state index is 4.21. The van der Waals surface area contributed by atoms with Gasteiger partial charge in [0.15, 0.2) is 0 Å². The van der Waals surface area contributed by atoms with E-state index in [0.29, 0.717) is 6.04 Å². The maximum Gasteiger partial charge on any atom is 0.0965 e. The van der Waals surface area contributed by atoms with Gasteiger partial charge in [-0.3, -0.25) is 4.90 Å². The van der Waals surface area contributed by atoms with E-state index in [1.807, 2.05) is 10.9 Å². The number of rotatable bonds is 5. The molecule has 1 aromatic rings. The van der Waals surface area contributed by atoms with Crippen molar-refractivity contribution in [1.82, 2.24) is 25.2 Å². The average Bonchev–Trinajstić information content (AvgIpc) is 2.99. The minimum atomic E-state index is 0.00803. The van der Waals surface area contributed by atoms with Crippen molar-refractivity contribution in [3.8, 4) is 0 Å². The highest BCUT2D eigenvalue weighted by molar-refractivity contribution is 4.94. The molecular weight excluding hydrogens is 238 g/mol. The van der Waals surface area contributed by atoms with Crippen LogP contribution < -0.4 is 5.32 Å². The Morgan fingerprint density at radius 1 is 1.32 bits per heavy atom. The molecule has 1 atom stereocenters. The van der Waals surface area contributed by atoms with Crippen LogP contribution in [0.4, 0.5) is 0 Å². The van der Waals surface area contributed by atoms with Crippen LogP contribution in [0.2, 0.25) is 0 Å². The van der Waals surface area contributed by atoms with Gasteiger partial charge in [-0.2, -0.15) is 0 Å². The first-order valence-corrected chi connectivity index (χ1v) is 7.33.